The van der Waals surface area contributed by atoms with Crippen molar-refractivity contribution in [1.82, 2.24) is 25.0 Å². The highest BCUT2D eigenvalue weighted by atomic mass is 32.2. The summed E-state index contributed by atoms with van der Waals surface area (Å²) in [7, 11) is 0. The quantitative estimate of drug-likeness (QED) is 0.291. The van der Waals surface area contributed by atoms with Crippen LogP contribution >= 0.6 is 11.8 Å². The molecule has 2 aromatic carbocycles. The zero-order valence-corrected chi connectivity index (χ0v) is 16.3. The van der Waals surface area contributed by atoms with Gasteiger partial charge in [-0.15, -0.1) is 10.2 Å². The fourth-order valence-corrected chi connectivity index (χ4v) is 3.52. The van der Waals surface area contributed by atoms with E-state index in [1.807, 2.05) is 61.5 Å². The van der Waals surface area contributed by atoms with Crippen LogP contribution < -0.4 is 5.84 Å². The molecular formula is C20H20N6OS. The average molecular weight is 392 g/mol. The number of rotatable bonds is 7. The van der Waals surface area contributed by atoms with Gasteiger partial charge in [0.05, 0.1) is 0 Å². The van der Waals surface area contributed by atoms with Crippen LogP contribution in [0.3, 0.4) is 0 Å². The molecule has 0 bridgehead atoms. The van der Waals surface area contributed by atoms with Crippen LogP contribution in [-0.2, 0) is 6.42 Å². The minimum Gasteiger partial charge on any atom is -0.339 e. The maximum Gasteiger partial charge on any atom is 0.226 e. The lowest BCUT2D eigenvalue weighted by molar-refractivity contribution is 0.378. The zero-order chi connectivity index (χ0) is 19.3. The number of nitrogen functional groups attached to an aromatic ring is 1. The van der Waals surface area contributed by atoms with Crippen LogP contribution in [-0.4, -0.2) is 30.8 Å². The van der Waals surface area contributed by atoms with Crippen molar-refractivity contribution in [1.29, 1.82) is 0 Å². The van der Waals surface area contributed by atoms with Gasteiger partial charge in [-0.05, 0) is 13.3 Å². The van der Waals surface area contributed by atoms with Crippen LogP contribution in [0, 0.1) is 6.92 Å². The van der Waals surface area contributed by atoms with E-state index in [0.717, 1.165) is 23.3 Å². The molecule has 0 aliphatic carbocycles. The van der Waals surface area contributed by atoms with Crippen LogP contribution in [0.25, 0.3) is 22.8 Å². The normalized spacial score (nSPS) is 11.0. The molecule has 28 heavy (non-hydrogen) atoms. The van der Waals surface area contributed by atoms with Crippen molar-refractivity contribution in [2.45, 2.75) is 24.9 Å². The third-order valence-corrected chi connectivity index (χ3v) is 5.27. The molecule has 0 saturated heterocycles. The molecule has 0 spiro atoms. The van der Waals surface area contributed by atoms with Gasteiger partial charge in [0.15, 0.2) is 5.82 Å². The van der Waals surface area contributed by atoms with E-state index in [1.165, 1.54) is 10.2 Å². The van der Waals surface area contributed by atoms with Crippen molar-refractivity contribution in [2.24, 2.45) is 0 Å². The maximum atomic E-state index is 6.16. The Labute approximate surface area is 167 Å². The van der Waals surface area contributed by atoms with Crippen LogP contribution in [0.1, 0.15) is 17.9 Å². The van der Waals surface area contributed by atoms with Crippen molar-refractivity contribution in [3.8, 4) is 22.8 Å². The van der Waals surface area contributed by atoms with Gasteiger partial charge in [-0.2, -0.15) is 4.98 Å². The molecule has 4 aromatic rings. The molecule has 142 valence electrons. The molecule has 0 unspecified atom stereocenters. The number of aryl methyl sites for hydroxylation is 2. The van der Waals surface area contributed by atoms with E-state index in [1.54, 1.807) is 11.8 Å². The first-order valence-corrected chi connectivity index (χ1v) is 9.97. The van der Waals surface area contributed by atoms with Crippen molar-refractivity contribution >= 4 is 11.8 Å². The van der Waals surface area contributed by atoms with Gasteiger partial charge in [0.1, 0.15) is 0 Å². The highest BCUT2D eigenvalue weighted by Gasteiger charge is 2.13. The molecule has 8 heteroatoms. The SMILES string of the molecule is Cc1ccc(-c2nnc(SCCCc3nc(-c4ccccc4)no3)n2N)cc1. The third-order valence-electron chi connectivity index (χ3n) is 4.24. The lowest BCUT2D eigenvalue weighted by Gasteiger charge is -2.03. The minimum absolute atomic E-state index is 0.618. The van der Waals surface area contributed by atoms with Gasteiger partial charge in [0.25, 0.3) is 0 Å². The first-order valence-electron chi connectivity index (χ1n) is 8.99. The van der Waals surface area contributed by atoms with E-state index >= 15 is 0 Å². The maximum absolute atomic E-state index is 6.16. The number of aromatic nitrogens is 5. The predicted molar refractivity (Wildman–Crippen MR) is 109 cm³/mol. The van der Waals surface area contributed by atoms with E-state index in [4.69, 9.17) is 10.4 Å². The summed E-state index contributed by atoms with van der Waals surface area (Å²) in [5.74, 6) is 8.90. The van der Waals surface area contributed by atoms with Gasteiger partial charge in [-0.1, -0.05) is 77.1 Å². The molecule has 0 atom stereocenters. The molecule has 0 aliphatic heterocycles. The molecule has 0 amide bonds. The van der Waals surface area contributed by atoms with Gasteiger partial charge < -0.3 is 10.4 Å². The summed E-state index contributed by atoms with van der Waals surface area (Å²) in [5.41, 5.74) is 3.09. The van der Waals surface area contributed by atoms with E-state index < -0.39 is 0 Å². The topological polar surface area (TPSA) is 95.6 Å². The Hall–Kier alpha value is -3.13. The molecule has 4 rings (SSSR count). The second kappa shape index (κ2) is 8.26. The van der Waals surface area contributed by atoms with E-state index in [9.17, 15) is 0 Å². The highest BCUT2D eigenvalue weighted by Crippen LogP contribution is 2.23. The van der Waals surface area contributed by atoms with Crippen LogP contribution in [0.15, 0.2) is 64.3 Å². The molecule has 7 nitrogen and oxygen atoms in total. The molecular weight excluding hydrogens is 372 g/mol. The monoisotopic (exact) mass is 392 g/mol. The summed E-state index contributed by atoms with van der Waals surface area (Å²) in [4.78, 5) is 4.45. The Morgan fingerprint density at radius 2 is 1.79 bits per heavy atom. The number of nitrogens with two attached hydrogens (primary N) is 1. The Morgan fingerprint density at radius 3 is 2.57 bits per heavy atom. The fraction of sp³-hybridized carbons (Fsp3) is 0.200. The van der Waals surface area contributed by atoms with Crippen LogP contribution in [0.4, 0.5) is 0 Å². The zero-order valence-electron chi connectivity index (χ0n) is 15.4. The van der Waals surface area contributed by atoms with Gasteiger partial charge in [0.2, 0.25) is 16.9 Å². The molecule has 2 N–H and O–H groups in total. The van der Waals surface area contributed by atoms with Gasteiger partial charge in [0, 0.05) is 23.3 Å². The lowest BCUT2D eigenvalue weighted by atomic mass is 10.1. The Bertz CT molecular complexity index is 1040. The number of thioether (sulfide) groups is 1. The minimum atomic E-state index is 0.618. The number of hydrogen-bond donors (Lipinski definition) is 1. The molecule has 0 saturated carbocycles. The van der Waals surface area contributed by atoms with Crippen molar-refractivity contribution in [3.63, 3.8) is 0 Å². The fourth-order valence-electron chi connectivity index (χ4n) is 2.72. The summed E-state index contributed by atoms with van der Waals surface area (Å²) < 4.78 is 6.88. The summed E-state index contributed by atoms with van der Waals surface area (Å²) >= 11 is 1.56. The molecule has 0 fully saturated rings. The summed E-state index contributed by atoms with van der Waals surface area (Å²) in [6.07, 6.45) is 1.57. The van der Waals surface area contributed by atoms with E-state index in [0.29, 0.717) is 29.1 Å². The second-order valence-corrected chi connectivity index (χ2v) is 7.43. The predicted octanol–water partition coefficient (Wildman–Crippen LogP) is 3.74. The molecule has 2 heterocycles. The Morgan fingerprint density at radius 1 is 1.00 bits per heavy atom. The smallest absolute Gasteiger partial charge is 0.226 e. The number of hydrogen-bond acceptors (Lipinski definition) is 7. The first kappa shape index (κ1) is 18.2. The summed E-state index contributed by atoms with van der Waals surface area (Å²) in [6.45, 7) is 2.05. The lowest BCUT2D eigenvalue weighted by Crippen LogP contribution is -2.11. The first-order chi connectivity index (χ1) is 13.7. The third kappa shape index (κ3) is 4.07. The van der Waals surface area contributed by atoms with E-state index in [-0.39, 0.29) is 0 Å². The average Bonchev–Trinajstić information content (AvgIpc) is 3.34. The Balaban J connectivity index is 1.31. The Kier molecular flexibility index (Phi) is 5.38. The summed E-state index contributed by atoms with van der Waals surface area (Å²) in [5, 5.41) is 13.1. The van der Waals surface area contributed by atoms with Crippen molar-refractivity contribution in [3.05, 3.63) is 66.1 Å². The number of nitrogens with zero attached hydrogens (tertiary/aromatic N) is 5. The largest absolute Gasteiger partial charge is 0.339 e. The highest BCUT2D eigenvalue weighted by molar-refractivity contribution is 7.99. The van der Waals surface area contributed by atoms with Gasteiger partial charge >= 0.3 is 0 Å². The van der Waals surface area contributed by atoms with Crippen molar-refractivity contribution in [2.75, 3.05) is 11.6 Å². The van der Waals surface area contributed by atoms with Crippen LogP contribution in [0.2, 0.25) is 0 Å². The number of benzene rings is 2. The van der Waals surface area contributed by atoms with Crippen molar-refractivity contribution < 1.29 is 4.52 Å². The van der Waals surface area contributed by atoms with E-state index in [2.05, 4.69) is 20.3 Å². The summed E-state index contributed by atoms with van der Waals surface area (Å²) in [6, 6.07) is 17.9. The molecule has 2 aromatic heterocycles. The van der Waals surface area contributed by atoms with Gasteiger partial charge in [-0.3, -0.25) is 0 Å². The second-order valence-electron chi connectivity index (χ2n) is 6.37. The van der Waals surface area contributed by atoms with Crippen LogP contribution in [0.5, 0.6) is 0 Å². The standard InChI is InChI=1S/C20H20N6OS/c1-14-9-11-16(12-10-14)19-23-24-20(26(19)21)28-13-5-8-17-22-18(25-27-17)15-6-3-2-4-7-15/h2-4,6-7,9-12H,5,8,13,21H2,1H3. The van der Waals surface area contributed by atoms with Gasteiger partial charge in [-0.25, -0.2) is 4.68 Å². The molecule has 0 aliphatic rings. The molecule has 0 radical (unpaired) electrons.